The molecule has 0 unspecified atom stereocenters. The number of carbonyl (C=O) groups is 1. The fourth-order valence-electron chi connectivity index (χ4n) is 3.09. The van der Waals surface area contributed by atoms with Crippen LogP contribution < -0.4 is 5.32 Å². The number of alkyl carbamates (subject to hydrolysis) is 1. The highest BCUT2D eigenvalue weighted by Gasteiger charge is 2.33. The minimum Gasteiger partial charge on any atom is -0.444 e. The van der Waals surface area contributed by atoms with Crippen LogP contribution in [-0.4, -0.2) is 43.5 Å². The number of amides is 1. The van der Waals surface area contributed by atoms with Crippen LogP contribution in [0.1, 0.15) is 51.2 Å². The maximum Gasteiger partial charge on any atom is 0.407 e. The summed E-state index contributed by atoms with van der Waals surface area (Å²) in [5.74, 6) is -0.223. The minimum atomic E-state index is -3.61. The van der Waals surface area contributed by atoms with E-state index in [2.05, 4.69) is 5.32 Å². The summed E-state index contributed by atoms with van der Waals surface area (Å²) >= 11 is 0. The molecule has 0 bridgehead atoms. The molecule has 8 heteroatoms. The Morgan fingerprint density at radius 3 is 2.70 bits per heavy atom. The van der Waals surface area contributed by atoms with E-state index < -0.39 is 21.7 Å². The molecule has 1 fully saturated rings. The van der Waals surface area contributed by atoms with E-state index in [0.717, 1.165) is 12.8 Å². The zero-order chi connectivity index (χ0) is 20.1. The van der Waals surface area contributed by atoms with Gasteiger partial charge in [0, 0.05) is 19.1 Å². The SMILES string of the molecule is CC(C)(C)OC(=O)NC[C@H]1CCCCN1S(=O)(=O)Cc1ccccc1C#N. The normalized spacial score (nSPS) is 18.5. The molecule has 2 rings (SSSR count). The molecule has 1 aliphatic heterocycles. The average molecular weight is 394 g/mol. The molecule has 1 amide bonds. The Morgan fingerprint density at radius 2 is 2.04 bits per heavy atom. The van der Waals surface area contributed by atoms with Gasteiger partial charge in [0.05, 0.1) is 17.4 Å². The molecule has 0 radical (unpaired) electrons. The van der Waals surface area contributed by atoms with Gasteiger partial charge in [-0.15, -0.1) is 0 Å². The smallest absolute Gasteiger partial charge is 0.407 e. The molecule has 1 heterocycles. The van der Waals surface area contributed by atoms with Gasteiger partial charge in [-0.25, -0.2) is 13.2 Å². The first-order chi connectivity index (χ1) is 12.6. The van der Waals surface area contributed by atoms with Crippen molar-refractivity contribution in [1.82, 2.24) is 9.62 Å². The van der Waals surface area contributed by atoms with Gasteiger partial charge in [0.2, 0.25) is 10.0 Å². The van der Waals surface area contributed by atoms with E-state index in [1.807, 2.05) is 6.07 Å². The third-order valence-electron chi connectivity index (χ3n) is 4.29. The lowest BCUT2D eigenvalue weighted by molar-refractivity contribution is 0.0512. The van der Waals surface area contributed by atoms with Crippen LogP contribution in [0.2, 0.25) is 0 Å². The number of hydrogen-bond donors (Lipinski definition) is 1. The second-order valence-electron chi connectivity index (χ2n) is 7.67. The van der Waals surface area contributed by atoms with Crippen LogP contribution in [0, 0.1) is 11.3 Å². The van der Waals surface area contributed by atoms with Gasteiger partial charge >= 0.3 is 6.09 Å². The van der Waals surface area contributed by atoms with Crippen LogP contribution in [0.3, 0.4) is 0 Å². The number of nitrogens with zero attached hydrogens (tertiary/aromatic N) is 2. The minimum absolute atomic E-state index is 0.202. The van der Waals surface area contributed by atoms with E-state index in [1.54, 1.807) is 45.0 Å². The van der Waals surface area contributed by atoms with Crippen molar-refractivity contribution in [3.05, 3.63) is 35.4 Å². The quantitative estimate of drug-likeness (QED) is 0.829. The molecule has 1 atom stereocenters. The largest absolute Gasteiger partial charge is 0.444 e. The number of nitriles is 1. The summed E-state index contributed by atoms with van der Waals surface area (Å²) < 4.78 is 32.6. The summed E-state index contributed by atoms with van der Waals surface area (Å²) in [6.45, 7) is 5.94. The highest BCUT2D eigenvalue weighted by molar-refractivity contribution is 7.88. The van der Waals surface area contributed by atoms with Crippen molar-refractivity contribution in [2.45, 2.75) is 57.4 Å². The molecule has 1 aromatic rings. The Bertz CT molecular complexity index is 809. The maximum absolute atomic E-state index is 13.0. The topological polar surface area (TPSA) is 99.5 Å². The Labute approximate surface area is 161 Å². The molecule has 27 heavy (non-hydrogen) atoms. The van der Waals surface area contributed by atoms with E-state index >= 15 is 0 Å². The molecular weight excluding hydrogens is 366 g/mol. The first kappa shape index (κ1) is 21.2. The van der Waals surface area contributed by atoms with E-state index in [0.29, 0.717) is 24.1 Å². The highest BCUT2D eigenvalue weighted by Crippen LogP contribution is 2.23. The molecule has 0 aliphatic carbocycles. The summed E-state index contributed by atoms with van der Waals surface area (Å²) in [7, 11) is -3.61. The number of ether oxygens (including phenoxy) is 1. The number of benzene rings is 1. The van der Waals surface area contributed by atoms with Gasteiger partial charge in [-0.2, -0.15) is 9.57 Å². The third kappa shape index (κ3) is 6.22. The fraction of sp³-hybridized carbons (Fsp3) is 0.579. The second-order valence-corrected chi connectivity index (χ2v) is 9.59. The maximum atomic E-state index is 13.0. The van der Waals surface area contributed by atoms with E-state index in [4.69, 9.17) is 4.74 Å². The van der Waals surface area contributed by atoms with Gasteiger partial charge in [-0.05, 0) is 45.2 Å². The Hall–Kier alpha value is -2.11. The molecule has 1 aliphatic rings. The number of nitrogens with one attached hydrogen (secondary N) is 1. The van der Waals surface area contributed by atoms with E-state index in [-0.39, 0.29) is 18.3 Å². The number of rotatable bonds is 5. The molecular formula is C19H27N3O4S. The van der Waals surface area contributed by atoms with Gasteiger partial charge < -0.3 is 10.1 Å². The number of carbonyl (C=O) groups excluding carboxylic acids is 1. The van der Waals surface area contributed by atoms with Gasteiger partial charge in [0.15, 0.2) is 0 Å². The lowest BCUT2D eigenvalue weighted by Gasteiger charge is -2.35. The summed E-state index contributed by atoms with van der Waals surface area (Å²) in [5.41, 5.74) is 0.245. The van der Waals surface area contributed by atoms with Crippen LogP contribution in [0.5, 0.6) is 0 Å². The van der Waals surface area contributed by atoms with Crippen molar-refractivity contribution in [2.75, 3.05) is 13.1 Å². The standard InChI is InChI=1S/C19H27N3O4S/c1-19(2,3)26-18(23)21-13-17-10-6-7-11-22(17)27(24,25)14-16-9-5-4-8-15(16)12-20/h4-5,8-9,17H,6-7,10-11,13-14H2,1-3H3,(H,21,23)/t17-/m1/s1. The van der Waals surface area contributed by atoms with E-state index in [1.165, 1.54) is 4.31 Å². The predicted octanol–water partition coefficient (Wildman–Crippen LogP) is 2.77. The summed E-state index contributed by atoms with van der Waals surface area (Å²) in [6.07, 6.45) is 1.80. The Balaban J connectivity index is 2.09. The van der Waals surface area contributed by atoms with Gasteiger partial charge in [-0.1, -0.05) is 24.6 Å². The lowest BCUT2D eigenvalue weighted by Crippen LogP contribution is -2.50. The van der Waals surface area contributed by atoms with Crippen LogP contribution >= 0.6 is 0 Å². The first-order valence-electron chi connectivity index (χ1n) is 9.07. The number of piperidine rings is 1. The second kappa shape index (κ2) is 8.72. The van der Waals surface area contributed by atoms with Crippen molar-refractivity contribution in [3.8, 4) is 6.07 Å². The molecule has 1 aromatic carbocycles. The molecule has 0 aromatic heterocycles. The van der Waals surface area contributed by atoms with Crippen LogP contribution in [0.15, 0.2) is 24.3 Å². The van der Waals surface area contributed by atoms with Gasteiger partial charge in [-0.3, -0.25) is 0 Å². The zero-order valence-electron chi connectivity index (χ0n) is 16.1. The molecule has 1 saturated heterocycles. The summed E-state index contributed by atoms with van der Waals surface area (Å²) in [4.78, 5) is 11.9. The van der Waals surface area contributed by atoms with Gasteiger partial charge in [0.25, 0.3) is 0 Å². The van der Waals surface area contributed by atoms with Crippen molar-refractivity contribution >= 4 is 16.1 Å². The molecule has 148 valence electrons. The monoisotopic (exact) mass is 393 g/mol. The van der Waals surface area contributed by atoms with Crippen molar-refractivity contribution < 1.29 is 17.9 Å². The van der Waals surface area contributed by atoms with Crippen LogP contribution in [0.25, 0.3) is 0 Å². The lowest BCUT2D eigenvalue weighted by atomic mass is 10.1. The Morgan fingerprint density at radius 1 is 1.33 bits per heavy atom. The number of hydrogen-bond acceptors (Lipinski definition) is 5. The Kier molecular flexibility index (Phi) is 6.84. The average Bonchev–Trinajstić information content (AvgIpc) is 2.59. The first-order valence-corrected chi connectivity index (χ1v) is 10.7. The molecule has 7 nitrogen and oxygen atoms in total. The zero-order valence-corrected chi connectivity index (χ0v) is 16.9. The van der Waals surface area contributed by atoms with Crippen molar-refractivity contribution in [2.24, 2.45) is 0 Å². The predicted molar refractivity (Wildman–Crippen MR) is 102 cm³/mol. The summed E-state index contributed by atoms with van der Waals surface area (Å²) in [5, 5.41) is 11.9. The molecule has 0 spiro atoms. The van der Waals surface area contributed by atoms with E-state index in [9.17, 15) is 18.5 Å². The highest BCUT2D eigenvalue weighted by atomic mass is 32.2. The van der Waals surface area contributed by atoms with Crippen molar-refractivity contribution in [1.29, 1.82) is 5.26 Å². The van der Waals surface area contributed by atoms with Crippen LogP contribution in [0.4, 0.5) is 4.79 Å². The third-order valence-corrected chi connectivity index (χ3v) is 6.16. The summed E-state index contributed by atoms with van der Waals surface area (Å²) in [6, 6.07) is 8.43. The molecule has 1 N–H and O–H groups in total. The van der Waals surface area contributed by atoms with Gasteiger partial charge in [0.1, 0.15) is 5.60 Å². The fourth-order valence-corrected chi connectivity index (χ4v) is 4.95. The number of sulfonamides is 1. The van der Waals surface area contributed by atoms with Crippen molar-refractivity contribution in [3.63, 3.8) is 0 Å². The van der Waals surface area contributed by atoms with Crippen LogP contribution in [-0.2, 0) is 20.5 Å². The molecule has 0 saturated carbocycles.